The molecule has 0 aromatic heterocycles. The molecule has 1 aliphatic rings. The second-order valence-electron chi connectivity index (χ2n) is 5.49. The molecule has 0 N–H and O–H groups in total. The van der Waals surface area contributed by atoms with E-state index in [9.17, 15) is 9.59 Å². The maximum absolute atomic E-state index is 12.6. The van der Waals surface area contributed by atoms with Crippen LogP contribution in [0, 0.1) is 5.41 Å². The predicted octanol–water partition coefficient (Wildman–Crippen LogP) is 3.60. The lowest BCUT2D eigenvalue weighted by molar-refractivity contribution is -0.141. The molecule has 2 rings (SSSR count). The molecule has 1 aromatic rings. The molecule has 1 saturated heterocycles. The third-order valence-corrected chi connectivity index (χ3v) is 3.85. The van der Waals surface area contributed by atoms with Crippen LogP contribution in [0.2, 0.25) is 0 Å². The van der Waals surface area contributed by atoms with Gasteiger partial charge in [0.05, 0.1) is 5.41 Å². The fourth-order valence-corrected chi connectivity index (χ4v) is 2.97. The molecule has 20 heavy (non-hydrogen) atoms. The van der Waals surface area contributed by atoms with Crippen LogP contribution >= 0.6 is 11.6 Å². The first-order valence-electron chi connectivity index (χ1n) is 6.69. The molecule has 1 heterocycles. The molecule has 0 radical (unpaired) electrons. The third kappa shape index (κ3) is 2.93. The molecule has 0 aliphatic carbocycles. The van der Waals surface area contributed by atoms with Crippen LogP contribution in [0.15, 0.2) is 41.9 Å². The number of rotatable bonds is 3. The first-order valence-corrected chi connectivity index (χ1v) is 7.06. The van der Waals surface area contributed by atoms with E-state index in [0.717, 1.165) is 12.8 Å². The topological polar surface area (TPSA) is 37.4 Å². The Hall–Kier alpha value is -1.61. The first-order chi connectivity index (χ1) is 9.44. The van der Waals surface area contributed by atoms with Gasteiger partial charge in [-0.1, -0.05) is 43.3 Å². The Labute approximate surface area is 124 Å². The average Bonchev–Trinajstić information content (AvgIpc) is 2.41. The highest BCUT2D eigenvalue weighted by molar-refractivity contribution is 6.29. The lowest BCUT2D eigenvalue weighted by Crippen LogP contribution is -2.50. The molecule has 0 bridgehead atoms. The second kappa shape index (κ2) is 5.80. The van der Waals surface area contributed by atoms with Gasteiger partial charge in [0.25, 0.3) is 5.91 Å². The number of allylic oxidation sites excluding steroid dienone is 1. The van der Waals surface area contributed by atoms with Gasteiger partial charge >= 0.3 is 0 Å². The van der Waals surface area contributed by atoms with Crippen LogP contribution in [0.1, 0.15) is 36.5 Å². The predicted molar refractivity (Wildman–Crippen MR) is 79.4 cm³/mol. The molecule has 1 atom stereocenters. The molecular formula is C16H18ClNO2. The van der Waals surface area contributed by atoms with Gasteiger partial charge in [-0.05, 0) is 31.4 Å². The summed E-state index contributed by atoms with van der Waals surface area (Å²) in [5.74, 6) is -0.388. The quantitative estimate of drug-likeness (QED) is 0.798. The van der Waals surface area contributed by atoms with Gasteiger partial charge in [-0.2, -0.15) is 0 Å². The highest BCUT2D eigenvalue weighted by atomic mass is 35.5. The number of amides is 2. The van der Waals surface area contributed by atoms with Gasteiger partial charge < -0.3 is 0 Å². The van der Waals surface area contributed by atoms with Gasteiger partial charge in [0, 0.05) is 17.1 Å². The summed E-state index contributed by atoms with van der Waals surface area (Å²) < 4.78 is 0. The second-order valence-corrected chi connectivity index (χ2v) is 6.02. The average molecular weight is 292 g/mol. The van der Waals surface area contributed by atoms with Crippen molar-refractivity contribution in [3.8, 4) is 0 Å². The number of carbonyl (C=O) groups excluding carboxylic acids is 2. The van der Waals surface area contributed by atoms with E-state index in [1.807, 2.05) is 13.0 Å². The Bertz CT molecular complexity index is 541. The highest BCUT2D eigenvalue weighted by Crippen LogP contribution is 2.37. The minimum atomic E-state index is -0.623. The van der Waals surface area contributed by atoms with Crippen LogP contribution in [-0.2, 0) is 4.79 Å². The molecule has 4 heteroatoms. The Balaban J connectivity index is 2.23. The Morgan fingerprint density at radius 3 is 2.65 bits per heavy atom. The van der Waals surface area contributed by atoms with Gasteiger partial charge in [0.2, 0.25) is 5.91 Å². The molecule has 1 aromatic carbocycles. The van der Waals surface area contributed by atoms with Crippen LogP contribution < -0.4 is 0 Å². The summed E-state index contributed by atoms with van der Waals surface area (Å²) in [6, 6.07) is 8.88. The molecule has 2 amide bonds. The van der Waals surface area contributed by atoms with E-state index in [2.05, 4.69) is 6.58 Å². The Morgan fingerprint density at radius 1 is 1.40 bits per heavy atom. The monoisotopic (exact) mass is 291 g/mol. The van der Waals surface area contributed by atoms with E-state index in [1.165, 1.54) is 4.90 Å². The Kier molecular flexibility index (Phi) is 4.29. The summed E-state index contributed by atoms with van der Waals surface area (Å²) in [6.45, 7) is 5.99. The number of halogens is 1. The minimum absolute atomic E-state index is 0.153. The van der Waals surface area contributed by atoms with Gasteiger partial charge in [-0.3, -0.25) is 14.5 Å². The zero-order valence-electron chi connectivity index (χ0n) is 11.6. The maximum atomic E-state index is 12.6. The van der Waals surface area contributed by atoms with Crippen molar-refractivity contribution in [3.63, 3.8) is 0 Å². The molecule has 0 spiro atoms. The van der Waals surface area contributed by atoms with Crippen LogP contribution in [-0.4, -0.2) is 23.3 Å². The molecular weight excluding hydrogens is 274 g/mol. The summed E-state index contributed by atoms with van der Waals surface area (Å²) in [7, 11) is 0. The smallest absolute Gasteiger partial charge is 0.260 e. The van der Waals surface area contributed by atoms with Crippen molar-refractivity contribution in [2.24, 2.45) is 5.41 Å². The molecule has 0 saturated carbocycles. The summed E-state index contributed by atoms with van der Waals surface area (Å²) >= 11 is 5.86. The van der Waals surface area contributed by atoms with Crippen LogP contribution in [0.3, 0.4) is 0 Å². The van der Waals surface area contributed by atoms with Crippen LogP contribution in [0.25, 0.3) is 0 Å². The van der Waals surface area contributed by atoms with Crippen LogP contribution in [0.4, 0.5) is 0 Å². The fourth-order valence-electron chi connectivity index (χ4n) is 2.68. The van der Waals surface area contributed by atoms with Crippen LogP contribution in [0.5, 0.6) is 0 Å². The van der Waals surface area contributed by atoms with Crippen molar-refractivity contribution >= 4 is 23.4 Å². The number of piperidine rings is 1. The van der Waals surface area contributed by atoms with Crippen molar-refractivity contribution in [2.45, 2.75) is 26.2 Å². The van der Waals surface area contributed by atoms with Crippen molar-refractivity contribution in [1.82, 2.24) is 4.90 Å². The van der Waals surface area contributed by atoms with E-state index < -0.39 is 5.41 Å². The number of hydrogen-bond acceptors (Lipinski definition) is 2. The summed E-state index contributed by atoms with van der Waals surface area (Å²) in [5, 5.41) is 0.454. The normalized spacial score (nSPS) is 22.7. The van der Waals surface area contributed by atoms with Crippen molar-refractivity contribution in [1.29, 1.82) is 0 Å². The number of imide groups is 1. The number of benzene rings is 1. The standard InChI is InChI=1S/C16H18ClNO2/c1-12(17)11-16(2)9-6-10-18(15(16)20)14(19)13-7-4-3-5-8-13/h3-5,7-8H,1,6,9-11H2,2H3. The summed E-state index contributed by atoms with van der Waals surface area (Å²) in [6.07, 6.45) is 1.94. The Morgan fingerprint density at radius 2 is 2.05 bits per heavy atom. The number of likely N-dealkylation sites (tertiary alicyclic amines) is 1. The van der Waals surface area contributed by atoms with E-state index in [4.69, 9.17) is 11.6 Å². The first kappa shape index (κ1) is 14.8. The molecule has 1 aliphatic heterocycles. The molecule has 1 fully saturated rings. The number of hydrogen-bond donors (Lipinski definition) is 0. The molecule has 3 nitrogen and oxygen atoms in total. The van der Waals surface area contributed by atoms with Crippen molar-refractivity contribution < 1.29 is 9.59 Å². The van der Waals surface area contributed by atoms with Gasteiger partial charge in [0.1, 0.15) is 0 Å². The zero-order chi connectivity index (χ0) is 14.8. The van der Waals surface area contributed by atoms with Crippen molar-refractivity contribution in [2.75, 3.05) is 6.54 Å². The van der Waals surface area contributed by atoms with E-state index in [-0.39, 0.29) is 11.8 Å². The minimum Gasteiger partial charge on any atom is -0.278 e. The van der Waals surface area contributed by atoms with E-state index in [0.29, 0.717) is 23.6 Å². The maximum Gasteiger partial charge on any atom is 0.260 e. The van der Waals surface area contributed by atoms with Gasteiger partial charge in [0.15, 0.2) is 0 Å². The molecule has 1 unspecified atom stereocenters. The third-order valence-electron chi connectivity index (χ3n) is 3.72. The lowest BCUT2D eigenvalue weighted by Gasteiger charge is -2.38. The summed E-state index contributed by atoms with van der Waals surface area (Å²) in [4.78, 5) is 26.4. The zero-order valence-corrected chi connectivity index (χ0v) is 12.3. The van der Waals surface area contributed by atoms with E-state index >= 15 is 0 Å². The highest BCUT2D eigenvalue weighted by Gasteiger charge is 2.42. The van der Waals surface area contributed by atoms with Gasteiger partial charge in [-0.15, -0.1) is 0 Å². The lowest BCUT2D eigenvalue weighted by atomic mass is 9.78. The fraction of sp³-hybridized carbons (Fsp3) is 0.375. The van der Waals surface area contributed by atoms with E-state index in [1.54, 1.807) is 24.3 Å². The summed E-state index contributed by atoms with van der Waals surface area (Å²) in [5.41, 5.74) is -0.0866. The largest absolute Gasteiger partial charge is 0.278 e. The SMILES string of the molecule is C=C(Cl)CC1(C)CCCN(C(=O)c2ccccc2)C1=O. The van der Waals surface area contributed by atoms with Gasteiger partial charge in [-0.25, -0.2) is 0 Å². The molecule has 106 valence electrons. The van der Waals surface area contributed by atoms with Crippen molar-refractivity contribution in [3.05, 3.63) is 47.5 Å². The number of carbonyl (C=O) groups is 2. The number of nitrogens with zero attached hydrogens (tertiary/aromatic N) is 1.